The number of hydrogen-bond acceptors (Lipinski definition) is 2. The number of pyridine rings is 1. The molecule has 14 heavy (non-hydrogen) atoms. The van der Waals surface area contributed by atoms with Gasteiger partial charge in [0.2, 0.25) is 0 Å². The fourth-order valence-corrected chi connectivity index (χ4v) is 1.77. The molecule has 0 spiro atoms. The van der Waals surface area contributed by atoms with Crippen LogP contribution < -0.4 is 0 Å². The minimum atomic E-state index is -2.68. The van der Waals surface area contributed by atoms with Crippen LogP contribution >= 0.6 is 27.5 Å². The summed E-state index contributed by atoms with van der Waals surface area (Å²) in [5, 5.41) is 9.17. The molecule has 0 saturated carbocycles. The van der Waals surface area contributed by atoms with Crippen molar-refractivity contribution < 1.29 is 13.9 Å². The van der Waals surface area contributed by atoms with Gasteiger partial charge >= 0.3 is 0 Å². The van der Waals surface area contributed by atoms with Crippen molar-refractivity contribution in [1.82, 2.24) is 4.98 Å². The van der Waals surface area contributed by atoms with E-state index in [4.69, 9.17) is 16.7 Å². The van der Waals surface area contributed by atoms with E-state index >= 15 is 0 Å². The van der Waals surface area contributed by atoms with E-state index in [2.05, 4.69) is 20.9 Å². The van der Waals surface area contributed by atoms with Crippen molar-refractivity contribution >= 4 is 27.5 Å². The Kier molecular flexibility index (Phi) is 4.22. The minimum Gasteiger partial charge on any atom is -0.392 e. The van der Waals surface area contributed by atoms with Gasteiger partial charge in [0.1, 0.15) is 0 Å². The van der Waals surface area contributed by atoms with Gasteiger partial charge in [0.25, 0.3) is 6.43 Å². The van der Waals surface area contributed by atoms with E-state index in [1.165, 1.54) is 6.20 Å². The van der Waals surface area contributed by atoms with E-state index < -0.39 is 13.0 Å². The van der Waals surface area contributed by atoms with Crippen molar-refractivity contribution in [2.45, 2.75) is 18.4 Å². The molecule has 1 N–H and O–H groups in total. The average Bonchev–Trinajstić information content (AvgIpc) is 2.17. The molecule has 2 nitrogen and oxygen atoms in total. The number of aliphatic hydroxyl groups excluding tert-OH is 1. The van der Waals surface area contributed by atoms with Crippen LogP contribution in [0.2, 0.25) is 5.02 Å². The Labute approximate surface area is 93.0 Å². The van der Waals surface area contributed by atoms with Crippen LogP contribution in [-0.2, 0) is 11.9 Å². The molecule has 1 aromatic rings. The lowest BCUT2D eigenvalue weighted by atomic mass is 10.1. The molecule has 78 valence electrons. The highest BCUT2D eigenvalue weighted by Crippen LogP contribution is 2.31. The molecule has 0 aliphatic carbocycles. The first-order valence-corrected chi connectivity index (χ1v) is 5.22. The van der Waals surface area contributed by atoms with Crippen LogP contribution in [0.3, 0.4) is 0 Å². The fourth-order valence-electron chi connectivity index (χ4n) is 1.11. The first-order valence-electron chi connectivity index (χ1n) is 3.73. The Balaban J connectivity index is 3.36. The smallest absolute Gasteiger partial charge is 0.266 e. The molecule has 0 aromatic carbocycles. The van der Waals surface area contributed by atoms with Crippen molar-refractivity contribution in [2.24, 2.45) is 0 Å². The van der Waals surface area contributed by atoms with E-state index in [0.717, 1.165) is 0 Å². The van der Waals surface area contributed by atoms with Crippen LogP contribution in [0.15, 0.2) is 6.20 Å². The number of halogens is 4. The maximum absolute atomic E-state index is 12.6. The summed E-state index contributed by atoms with van der Waals surface area (Å²) in [6.45, 7) is -0.513. The van der Waals surface area contributed by atoms with Gasteiger partial charge in [-0.1, -0.05) is 27.5 Å². The number of aliphatic hydroxyl groups is 1. The number of aromatic nitrogens is 1. The third-order valence-corrected chi connectivity index (χ3v) is 2.62. The molecule has 0 unspecified atom stereocenters. The van der Waals surface area contributed by atoms with Crippen molar-refractivity contribution in [3.8, 4) is 0 Å². The molecule has 0 radical (unpaired) electrons. The van der Waals surface area contributed by atoms with Gasteiger partial charge in [-0.05, 0) is 0 Å². The highest BCUT2D eigenvalue weighted by molar-refractivity contribution is 9.08. The van der Waals surface area contributed by atoms with Crippen LogP contribution in [-0.4, -0.2) is 10.1 Å². The molecule has 0 aliphatic heterocycles. The molecular formula is C8H7BrClF2NO. The van der Waals surface area contributed by atoms with E-state index in [9.17, 15) is 8.78 Å². The highest BCUT2D eigenvalue weighted by atomic mass is 79.9. The molecular weight excluding hydrogens is 279 g/mol. The third-order valence-electron chi connectivity index (χ3n) is 1.76. The first-order chi connectivity index (χ1) is 6.61. The lowest BCUT2D eigenvalue weighted by molar-refractivity contribution is 0.145. The van der Waals surface area contributed by atoms with Crippen LogP contribution in [0.25, 0.3) is 0 Å². The lowest BCUT2D eigenvalue weighted by Crippen LogP contribution is -2.03. The number of alkyl halides is 3. The van der Waals surface area contributed by atoms with Gasteiger partial charge in [-0.15, -0.1) is 0 Å². The predicted octanol–water partition coefficient (Wildman–Crippen LogP) is 3.06. The molecule has 6 heteroatoms. The number of nitrogens with zero attached hydrogens (tertiary/aromatic N) is 1. The van der Waals surface area contributed by atoms with E-state index in [1.807, 2.05) is 0 Å². The molecule has 0 aliphatic rings. The molecule has 0 fully saturated rings. The van der Waals surface area contributed by atoms with Crippen molar-refractivity contribution in [2.75, 3.05) is 0 Å². The summed E-state index contributed by atoms with van der Waals surface area (Å²) in [7, 11) is 0. The Bertz CT molecular complexity index is 335. The summed E-state index contributed by atoms with van der Waals surface area (Å²) in [5.74, 6) is 0. The second-order valence-electron chi connectivity index (χ2n) is 2.54. The predicted molar refractivity (Wildman–Crippen MR) is 52.8 cm³/mol. The van der Waals surface area contributed by atoms with E-state index in [1.54, 1.807) is 0 Å². The van der Waals surface area contributed by atoms with Gasteiger partial charge in [0, 0.05) is 22.7 Å². The van der Waals surface area contributed by atoms with Crippen LogP contribution in [0, 0.1) is 0 Å². The van der Waals surface area contributed by atoms with Crippen molar-refractivity contribution in [3.05, 3.63) is 28.0 Å². The monoisotopic (exact) mass is 285 g/mol. The standard InChI is InChI=1S/C8H7BrClF2NO/c9-1-6-7(8(11)12)4(3-14)5(10)2-13-6/h2,8,14H,1,3H2. The topological polar surface area (TPSA) is 33.1 Å². The molecule has 0 bridgehead atoms. The highest BCUT2D eigenvalue weighted by Gasteiger charge is 2.20. The summed E-state index contributed by atoms with van der Waals surface area (Å²) >= 11 is 8.68. The molecule has 0 saturated heterocycles. The molecule has 0 atom stereocenters. The summed E-state index contributed by atoms with van der Waals surface area (Å²) < 4.78 is 25.2. The molecule has 1 rings (SSSR count). The van der Waals surface area contributed by atoms with Crippen LogP contribution in [0.4, 0.5) is 8.78 Å². The van der Waals surface area contributed by atoms with Gasteiger partial charge in [0.15, 0.2) is 0 Å². The maximum Gasteiger partial charge on any atom is 0.266 e. The van der Waals surface area contributed by atoms with E-state index in [0.29, 0.717) is 0 Å². The van der Waals surface area contributed by atoms with Gasteiger partial charge in [-0.3, -0.25) is 4.98 Å². The third kappa shape index (κ3) is 2.21. The minimum absolute atomic E-state index is 0.0473. The fraction of sp³-hybridized carbons (Fsp3) is 0.375. The zero-order valence-corrected chi connectivity index (χ0v) is 9.32. The summed E-state index contributed by atoms with van der Waals surface area (Å²) in [6, 6.07) is 0. The Morgan fingerprint density at radius 3 is 2.64 bits per heavy atom. The zero-order chi connectivity index (χ0) is 10.7. The SMILES string of the molecule is OCc1c(Cl)cnc(CBr)c1C(F)F. The Morgan fingerprint density at radius 1 is 1.57 bits per heavy atom. The van der Waals surface area contributed by atoms with Gasteiger partial charge < -0.3 is 5.11 Å². The van der Waals surface area contributed by atoms with Gasteiger partial charge in [0.05, 0.1) is 17.3 Å². The van der Waals surface area contributed by atoms with Gasteiger partial charge in [-0.25, -0.2) is 8.78 Å². The van der Waals surface area contributed by atoms with Crippen molar-refractivity contribution in [3.63, 3.8) is 0 Å². The second kappa shape index (κ2) is 5.00. The van der Waals surface area contributed by atoms with E-state index in [-0.39, 0.29) is 27.2 Å². The second-order valence-corrected chi connectivity index (χ2v) is 3.51. The van der Waals surface area contributed by atoms with Crippen LogP contribution in [0.1, 0.15) is 23.2 Å². The maximum atomic E-state index is 12.6. The van der Waals surface area contributed by atoms with Crippen LogP contribution in [0.5, 0.6) is 0 Å². The largest absolute Gasteiger partial charge is 0.392 e. The average molecular weight is 287 g/mol. The van der Waals surface area contributed by atoms with Crippen molar-refractivity contribution in [1.29, 1.82) is 0 Å². The summed E-state index contributed by atoms with van der Waals surface area (Å²) in [5.41, 5.74) is -0.0311. The number of rotatable bonds is 3. The molecule has 1 heterocycles. The first kappa shape index (κ1) is 11.8. The van der Waals surface area contributed by atoms with Gasteiger partial charge in [-0.2, -0.15) is 0 Å². The lowest BCUT2D eigenvalue weighted by Gasteiger charge is -2.11. The quantitative estimate of drug-likeness (QED) is 0.866. The molecule has 1 aromatic heterocycles. The molecule has 0 amide bonds. The normalized spacial score (nSPS) is 11.0. The summed E-state index contributed by atoms with van der Waals surface area (Å²) in [4.78, 5) is 3.76. The Hall–Kier alpha value is -0.260. The zero-order valence-electron chi connectivity index (χ0n) is 6.98. The summed E-state index contributed by atoms with van der Waals surface area (Å²) in [6.07, 6.45) is -1.42. The Morgan fingerprint density at radius 2 is 2.21 bits per heavy atom. The number of hydrogen-bond donors (Lipinski definition) is 1.